The van der Waals surface area contributed by atoms with Crippen molar-refractivity contribution in [3.05, 3.63) is 41.2 Å². The largest absolute Gasteiger partial charge is 0.482 e. The molecular weight excluding hydrogens is 309 g/mol. The third kappa shape index (κ3) is 1.59. The summed E-state index contributed by atoms with van der Waals surface area (Å²) in [5, 5.41) is 0. The van der Waals surface area contributed by atoms with E-state index in [1.54, 1.807) is 0 Å². The van der Waals surface area contributed by atoms with E-state index in [9.17, 15) is 9.18 Å². The van der Waals surface area contributed by atoms with Crippen molar-refractivity contribution < 1.29 is 18.7 Å². The lowest BCUT2D eigenvalue weighted by atomic mass is 9.53. The molecule has 0 amide bonds. The number of carbonyl (C=O) groups is 1. The molecule has 2 heterocycles. The van der Waals surface area contributed by atoms with Crippen molar-refractivity contribution in [3.8, 4) is 5.75 Å². The number of likely N-dealkylation sites (N-methyl/N-ethyl adjacent to an activating group) is 1. The van der Waals surface area contributed by atoms with Crippen molar-refractivity contribution in [2.45, 2.75) is 43.4 Å². The summed E-state index contributed by atoms with van der Waals surface area (Å²) in [5.74, 6) is 0.00484. The minimum Gasteiger partial charge on any atom is -0.482 e. The number of carbonyl (C=O) groups excluding carboxylic acids is 1. The van der Waals surface area contributed by atoms with Gasteiger partial charge < -0.3 is 14.4 Å². The lowest BCUT2D eigenvalue weighted by molar-refractivity contribution is -0.152. The molecule has 0 N–H and O–H groups in total. The van der Waals surface area contributed by atoms with E-state index in [0.29, 0.717) is 11.8 Å². The van der Waals surface area contributed by atoms with Gasteiger partial charge in [0.1, 0.15) is 6.10 Å². The Hall–Kier alpha value is -1.88. The van der Waals surface area contributed by atoms with E-state index in [2.05, 4.69) is 18.0 Å². The van der Waals surface area contributed by atoms with E-state index >= 15 is 0 Å². The molecule has 4 nitrogen and oxygen atoms in total. The fourth-order valence-corrected chi connectivity index (χ4v) is 5.49. The molecule has 0 aromatic heterocycles. The fraction of sp³-hybridized carbons (Fsp3) is 0.526. The van der Waals surface area contributed by atoms with Crippen molar-refractivity contribution in [1.29, 1.82) is 0 Å². The molecular formula is C19H20FNO3. The molecule has 5 heteroatoms. The molecule has 2 bridgehead atoms. The lowest BCUT2D eigenvalue weighted by Gasteiger charge is -2.56. The third-order valence-electron chi connectivity index (χ3n) is 6.41. The van der Waals surface area contributed by atoms with Gasteiger partial charge in [0.25, 0.3) is 0 Å². The SMILES string of the molecule is CC(=O)OC1C=CC2C3Cc4ccc(F)c5c4C2(CCN3C)C1O5. The summed E-state index contributed by atoms with van der Waals surface area (Å²) in [5.41, 5.74) is 1.93. The van der Waals surface area contributed by atoms with E-state index < -0.39 is 6.10 Å². The van der Waals surface area contributed by atoms with Gasteiger partial charge in [-0.25, -0.2) is 4.39 Å². The number of esters is 1. The van der Waals surface area contributed by atoms with Gasteiger partial charge in [-0.2, -0.15) is 0 Å². The highest BCUT2D eigenvalue weighted by molar-refractivity contribution is 5.67. The third-order valence-corrected chi connectivity index (χ3v) is 6.41. The zero-order valence-electron chi connectivity index (χ0n) is 13.8. The fourth-order valence-electron chi connectivity index (χ4n) is 5.49. The summed E-state index contributed by atoms with van der Waals surface area (Å²) in [6, 6.07) is 3.79. The van der Waals surface area contributed by atoms with Gasteiger partial charge in [-0.1, -0.05) is 12.1 Å². The van der Waals surface area contributed by atoms with E-state index in [0.717, 1.165) is 24.9 Å². The lowest BCUT2D eigenvalue weighted by Crippen LogP contribution is -2.65. The second-order valence-electron chi connectivity index (χ2n) is 7.48. The quantitative estimate of drug-likeness (QED) is 0.585. The van der Waals surface area contributed by atoms with Crippen molar-refractivity contribution in [3.63, 3.8) is 0 Å². The van der Waals surface area contributed by atoms with Gasteiger partial charge in [-0.15, -0.1) is 0 Å². The number of rotatable bonds is 1. The van der Waals surface area contributed by atoms with Crippen molar-refractivity contribution in [2.75, 3.05) is 13.6 Å². The Morgan fingerprint density at radius 3 is 3.04 bits per heavy atom. The minimum atomic E-state index is -0.458. The minimum absolute atomic E-state index is 0.267. The van der Waals surface area contributed by atoms with Crippen LogP contribution >= 0.6 is 0 Å². The summed E-state index contributed by atoms with van der Waals surface area (Å²) in [4.78, 5) is 13.9. The van der Waals surface area contributed by atoms with E-state index in [1.165, 1.54) is 18.6 Å². The van der Waals surface area contributed by atoms with Crippen LogP contribution in [0.1, 0.15) is 24.5 Å². The molecule has 24 heavy (non-hydrogen) atoms. The number of likely N-dealkylation sites (tertiary alicyclic amines) is 1. The standard InChI is InChI=1S/C19H20FNO3/c1-10(22)23-15-6-4-12-14-9-11-3-5-13(20)17-16(11)19(12,18(15)24-17)7-8-21(14)2/h3-6,12,14-15,18H,7-9H2,1-2H3. The van der Waals surface area contributed by atoms with Crippen LogP contribution in [0, 0.1) is 11.7 Å². The normalized spacial score (nSPS) is 38.5. The Labute approximate surface area is 140 Å². The average molecular weight is 329 g/mol. The van der Waals surface area contributed by atoms with Crippen LogP contribution in [0.15, 0.2) is 24.3 Å². The van der Waals surface area contributed by atoms with Crippen LogP contribution in [0.2, 0.25) is 0 Å². The van der Waals surface area contributed by atoms with Gasteiger partial charge in [0.05, 0.1) is 0 Å². The Morgan fingerprint density at radius 1 is 1.42 bits per heavy atom. The molecule has 1 aromatic rings. The van der Waals surface area contributed by atoms with E-state index in [-0.39, 0.29) is 29.2 Å². The first-order valence-corrected chi connectivity index (χ1v) is 8.56. The zero-order chi connectivity index (χ0) is 16.6. The number of hydrogen-bond donors (Lipinski definition) is 0. The number of benzene rings is 1. The van der Waals surface area contributed by atoms with Gasteiger partial charge in [0.2, 0.25) is 0 Å². The molecule has 5 atom stereocenters. The number of piperidine rings is 1. The molecule has 4 aliphatic rings. The van der Waals surface area contributed by atoms with Crippen LogP contribution in [-0.4, -0.2) is 42.7 Å². The smallest absolute Gasteiger partial charge is 0.303 e. The summed E-state index contributed by atoms with van der Waals surface area (Å²) >= 11 is 0. The number of nitrogens with zero attached hydrogens (tertiary/aromatic N) is 1. The highest BCUT2D eigenvalue weighted by atomic mass is 19.1. The first kappa shape index (κ1) is 14.5. The first-order chi connectivity index (χ1) is 11.5. The molecule has 0 saturated carbocycles. The maximum Gasteiger partial charge on any atom is 0.303 e. The Morgan fingerprint density at radius 2 is 2.25 bits per heavy atom. The highest BCUT2D eigenvalue weighted by Gasteiger charge is 2.64. The van der Waals surface area contributed by atoms with Crippen molar-refractivity contribution in [2.24, 2.45) is 5.92 Å². The molecule has 2 aliphatic heterocycles. The topological polar surface area (TPSA) is 38.8 Å². The Kier molecular flexibility index (Phi) is 2.77. The average Bonchev–Trinajstić information content (AvgIpc) is 2.89. The van der Waals surface area contributed by atoms with Crippen LogP contribution in [0.4, 0.5) is 4.39 Å². The van der Waals surface area contributed by atoms with Gasteiger partial charge in [-0.05, 0) is 44.1 Å². The summed E-state index contributed by atoms with van der Waals surface area (Å²) in [7, 11) is 2.16. The van der Waals surface area contributed by atoms with Crippen LogP contribution in [0.5, 0.6) is 5.75 Å². The molecule has 1 saturated heterocycles. The predicted octanol–water partition coefficient (Wildman–Crippen LogP) is 2.20. The van der Waals surface area contributed by atoms with Crippen molar-refractivity contribution in [1.82, 2.24) is 4.90 Å². The molecule has 2 aliphatic carbocycles. The molecule has 0 radical (unpaired) electrons. The summed E-state index contributed by atoms with van der Waals surface area (Å²) < 4.78 is 26.1. The molecule has 126 valence electrons. The van der Waals surface area contributed by atoms with Gasteiger partial charge >= 0.3 is 5.97 Å². The second-order valence-corrected chi connectivity index (χ2v) is 7.48. The Balaban J connectivity index is 1.74. The second kappa shape index (κ2) is 4.60. The molecule has 5 rings (SSSR count). The number of ether oxygens (including phenoxy) is 2. The first-order valence-electron chi connectivity index (χ1n) is 8.56. The molecule has 1 spiro atoms. The molecule has 1 aromatic carbocycles. The molecule has 1 fully saturated rings. The maximum absolute atomic E-state index is 14.5. The number of hydrogen-bond acceptors (Lipinski definition) is 4. The van der Waals surface area contributed by atoms with E-state index in [4.69, 9.17) is 9.47 Å². The van der Waals surface area contributed by atoms with Crippen LogP contribution < -0.4 is 4.74 Å². The predicted molar refractivity (Wildman–Crippen MR) is 85.4 cm³/mol. The van der Waals surface area contributed by atoms with Crippen LogP contribution in [0.25, 0.3) is 0 Å². The van der Waals surface area contributed by atoms with Gasteiger partial charge in [0.15, 0.2) is 17.7 Å². The van der Waals surface area contributed by atoms with Gasteiger partial charge in [0, 0.05) is 29.9 Å². The number of halogens is 1. The molecule has 5 unspecified atom stereocenters. The highest BCUT2D eigenvalue weighted by Crippen LogP contribution is 2.61. The van der Waals surface area contributed by atoms with E-state index in [1.807, 2.05) is 12.1 Å². The summed E-state index contributed by atoms with van der Waals surface area (Å²) in [6.07, 6.45) is 5.12. The summed E-state index contributed by atoms with van der Waals surface area (Å²) in [6.45, 7) is 2.35. The van der Waals surface area contributed by atoms with Crippen LogP contribution in [-0.2, 0) is 21.4 Å². The van der Waals surface area contributed by atoms with Crippen LogP contribution in [0.3, 0.4) is 0 Å². The van der Waals surface area contributed by atoms with Crippen molar-refractivity contribution >= 4 is 5.97 Å². The Bertz CT molecular complexity index is 776. The zero-order valence-corrected chi connectivity index (χ0v) is 13.8. The monoisotopic (exact) mass is 329 g/mol. The maximum atomic E-state index is 14.5. The van der Waals surface area contributed by atoms with Gasteiger partial charge in [-0.3, -0.25) is 4.79 Å².